The molecule has 1 aliphatic heterocycles. The molecule has 1 unspecified atom stereocenters. The number of methoxy groups -OCH3 is 1. The maximum atomic E-state index is 13.4. The number of halogens is 1. The summed E-state index contributed by atoms with van der Waals surface area (Å²) in [7, 11) is 1.56. The largest absolute Gasteiger partial charge is 0.481 e. The third kappa shape index (κ3) is 4.74. The fourth-order valence-electron chi connectivity index (χ4n) is 3.63. The van der Waals surface area contributed by atoms with Gasteiger partial charge in [0.15, 0.2) is 0 Å². The molecule has 2 aromatic heterocycles. The lowest BCUT2D eigenvalue weighted by Crippen LogP contribution is -2.40. The standard InChI is InChI=1S/C23H23FN4O3/c1-31-21-9-5-16(13-26-21)19-12-15(22(28-19)14-2-6-17(24)7-3-14)4-8-20(29)27-18-10-11-25-23(18)30/h2-3,5-7,9,12-13,18,28H,4,8,10-11H2,1H3,(H,25,30)(H,27,29). The minimum Gasteiger partial charge on any atom is -0.481 e. The molecule has 2 amide bonds. The van der Waals surface area contributed by atoms with Gasteiger partial charge in [0.05, 0.1) is 7.11 Å². The summed E-state index contributed by atoms with van der Waals surface area (Å²) >= 11 is 0. The van der Waals surface area contributed by atoms with E-state index in [0.29, 0.717) is 25.3 Å². The summed E-state index contributed by atoms with van der Waals surface area (Å²) in [5.41, 5.74) is 4.25. The SMILES string of the molecule is COc1ccc(-c2cc(CCC(=O)NC3CCNC3=O)c(-c3ccc(F)cc3)[nH]2)cn1. The van der Waals surface area contributed by atoms with E-state index < -0.39 is 6.04 Å². The van der Waals surface area contributed by atoms with Crippen molar-refractivity contribution < 1.29 is 18.7 Å². The zero-order valence-electron chi connectivity index (χ0n) is 17.1. The zero-order chi connectivity index (χ0) is 21.8. The Bertz CT molecular complexity index is 1080. The molecule has 0 bridgehead atoms. The van der Waals surface area contributed by atoms with Gasteiger partial charge in [-0.1, -0.05) is 0 Å². The van der Waals surface area contributed by atoms with E-state index in [9.17, 15) is 14.0 Å². The number of aromatic nitrogens is 2. The average Bonchev–Trinajstić information content (AvgIpc) is 3.39. The zero-order valence-corrected chi connectivity index (χ0v) is 17.1. The summed E-state index contributed by atoms with van der Waals surface area (Å²) in [6.07, 6.45) is 3.00. The number of nitrogens with one attached hydrogen (secondary N) is 3. The Kier molecular flexibility index (Phi) is 5.97. The maximum absolute atomic E-state index is 13.4. The van der Waals surface area contributed by atoms with Gasteiger partial charge in [-0.15, -0.1) is 0 Å². The van der Waals surface area contributed by atoms with Crippen LogP contribution in [0.3, 0.4) is 0 Å². The average molecular weight is 422 g/mol. The minimum absolute atomic E-state index is 0.142. The van der Waals surface area contributed by atoms with E-state index in [1.54, 1.807) is 31.5 Å². The number of hydrogen-bond donors (Lipinski definition) is 3. The third-order valence-electron chi connectivity index (χ3n) is 5.29. The van der Waals surface area contributed by atoms with E-state index in [4.69, 9.17) is 4.74 Å². The van der Waals surface area contributed by atoms with Gasteiger partial charge in [0.1, 0.15) is 11.9 Å². The minimum atomic E-state index is -0.462. The highest BCUT2D eigenvalue weighted by Gasteiger charge is 2.25. The molecule has 8 heteroatoms. The highest BCUT2D eigenvalue weighted by atomic mass is 19.1. The molecule has 4 rings (SSSR count). The fraction of sp³-hybridized carbons (Fsp3) is 0.261. The number of amides is 2. The second kappa shape index (κ2) is 8.99. The number of pyridine rings is 1. The van der Waals surface area contributed by atoms with Crippen molar-refractivity contribution in [2.24, 2.45) is 0 Å². The molecule has 1 aliphatic rings. The number of aromatic amines is 1. The van der Waals surface area contributed by atoms with Crippen molar-refractivity contribution in [3.8, 4) is 28.4 Å². The van der Waals surface area contributed by atoms with Crippen LogP contribution in [0.1, 0.15) is 18.4 Å². The van der Waals surface area contributed by atoms with E-state index in [-0.39, 0.29) is 24.1 Å². The molecule has 1 aromatic carbocycles. The molecule has 1 atom stereocenters. The monoisotopic (exact) mass is 422 g/mol. The van der Waals surface area contributed by atoms with Gasteiger partial charge in [0, 0.05) is 42.2 Å². The quantitative estimate of drug-likeness (QED) is 0.546. The van der Waals surface area contributed by atoms with Gasteiger partial charge in [-0.2, -0.15) is 0 Å². The van der Waals surface area contributed by atoms with Crippen LogP contribution in [0.5, 0.6) is 5.88 Å². The topological polar surface area (TPSA) is 96.1 Å². The highest BCUT2D eigenvalue weighted by Crippen LogP contribution is 2.30. The summed E-state index contributed by atoms with van der Waals surface area (Å²) in [5.74, 6) is -0.121. The van der Waals surface area contributed by atoms with Crippen molar-refractivity contribution in [2.75, 3.05) is 13.7 Å². The molecular formula is C23H23FN4O3. The summed E-state index contributed by atoms with van der Waals surface area (Å²) in [4.78, 5) is 31.7. The number of H-pyrrole nitrogens is 1. The van der Waals surface area contributed by atoms with Crippen molar-refractivity contribution in [2.45, 2.75) is 25.3 Å². The van der Waals surface area contributed by atoms with Crippen LogP contribution >= 0.6 is 0 Å². The first-order valence-electron chi connectivity index (χ1n) is 10.1. The molecule has 3 aromatic rings. The maximum Gasteiger partial charge on any atom is 0.242 e. The summed E-state index contributed by atoms with van der Waals surface area (Å²) in [5, 5.41) is 5.49. The molecule has 0 radical (unpaired) electrons. The molecule has 1 saturated heterocycles. The Balaban J connectivity index is 1.56. The predicted molar refractivity (Wildman–Crippen MR) is 114 cm³/mol. The predicted octanol–water partition coefficient (Wildman–Crippen LogP) is 2.83. The van der Waals surface area contributed by atoms with Gasteiger partial charge < -0.3 is 20.4 Å². The summed E-state index contributed by atoms with van der Waals surface area (Å²) in [6, 6.07) is 11.4. The molecular weight excluding hydrogens is 399 g/mol. The molecule has 7 nitrogen and oxygen atoms in total. The lowest BCUT2D eigenvalue weighted by Gasteiger charge is -2.10. The normalized spacial score (nSPS) is 15.5. The molecule has 3 heterocycles. The number of carbonyl (C=O) groups is 2. The van der Waals surface area contributed by atoms with Crippen LogP contribution in [0.15, 0.2) is 48.7 Å². The molecule has 160 valence electrons. The smallest absolute Gasteiger partial charge is 0.242 e. The number of carbonyl (C=O) groups excluding carboxylic acids is 2. The summed E-state index contributed by atoms with van der Waals surface area (Å²) in [6.45, 7) is 0.579. The van der Waals surface area contributed by atoms with Crippen molar-refractivity contribution in [3.63, 3.8) is 0 Å². The van der Waals surface area contributed by atoms with Gasteiger partial charge in [0.2, 0.25) is 17.7 Å². The van der Waals surface area contributed by atoms with Crippen LogP contribution in [0.25, 0.3) is 22.5 Å². The Morgan fingerprint density at radius 2 is 2.00 bits per heavy atom. The fourth-order valence-corrected chi connectivity index (χ4v) is 3.63. The number of nitrogens with zero attached hydrogens (tertiary/aromatic N) is 1. The van der Waals surface area contributed by atoms with Gasteiger partial charge in [-0.05, 0) is 60.4 Å². The lowest BCUT2D eigenvalue weighted by molar-refractivity contribution is -0.127. The van der Waals surface area contributed by atoms with Crippen molar-refractivity contribution >= 4 is 11.8 Å². The van der Waals surface area contributed by atoms with Crippen molar-refractivity contribution in [1.29, 1.82) is 0 Å². The second-order valence-corrected chi connectivity index (χ2v) is 7.38. The van der Waals surface area contributed by atoms with E-state index in [1.807, 2.05) is 12.1 Å². The van der Waals surface area contributed by atoms with E-state index >= 15 is 0 Å². The molecule has 1 fully saturated rings. The van der Waals surface area contributed by atoms with Crippen LogP contribution < -0.4 is 15.4 Å². The molecule has 0 aliphatic carbocycles. The van der Waals surface area contributed by atoms with Gasteiger partial charge in [0.25, 0.3) is 0 Å². The molecule has 31 heavy (non-hydrogen) atoms. The molecule has 0 spiro atoms. The lowest BCUT2D eigenvalue weighted by atomic mass is 10.0. The number of rotatable bonds is 7. The van der Waals surface area contributed by atoms with Gasteiger partial charge >= 0.3 is 0 Å². The van der Waals surface area contributed by atoms with Crippen LogP contribution in [0, 0.1) is 5.82 Å². The highest BCUT2D eigenvalue weighted by molar-refractivity contribution is 5.89. The number of ether oxygens (including phenoxy) is 1. The summed E-state index contributed by atoms with van der Waals surface area (Å²) < 4.78 is 18.5. The van der Waals surface area contributed by atoms with Crippen LogP contribution in [0.4, 0.5) is 4.39 Å². The van der Waals surface area contributed by atoms with E-state index in [0.717, 1.165) is 28.1 Å². The van der Waals surface area contributed by atoms with Crippen molar-refractivity contribution in [3.05, 3.63) is 60.0 Å². The third-order valence-corrected chi connectivity index (χ3v) is 5.29. The Morgan fingerprint density at radius 3 is 2.65 bits per heavy atom. The van der Waals surface area contributed by atoms with E-state index in [2.05, 4.69) is 20.6 Å². The Hall–Kier alpha value is -3.68. The van der Waals surface area contributed by atoms with Crippen LogP contribution in [-0.2, 0) is 16.0 Å². The first-order chi connectivity index (χ1) is 15.0. The van der Waals surface area contributed by atoms with Crippen LogP contribution in [-0.4, -0.2) is 41.5 Å². The Morgan fingerprint density at radius 1 is 1.23 bits per heavy atom. The second-order valence-electron chi connectivity index (χ2n) is 7.38. The van der Waals surface area contributed by atoms with Crippen molar-refractivity contribution in [1.82, 2.24) is 20.6 Å². The molecule has 0 saturated carbocycles. The number of aryl methyl sites for hydroxylation is 1. The number of benzene rings is 1. The van der Waals surface area contributed by atoms with Crippen LogP contribution in [0.2, 0.25) is 0 Å². The molecule has 3 N–H and O–H groups in total. The first kappa shape index (κ1) is 20.6. The van der Waals surface area contributed by atoms with E-state index in [1.165, 1.54) is 12.1 Å². The van der Waals surface area contributed by atoms with Gasteiger partial charge in [-0.3, -0.25) is 9.59 Å². The van der Waals surface area contributed by atoms with Gasteiger partial charge in [-0.25, -0.2) is 9.37 Å². The Labute approximate surface area is 179 Å². The first-order valence-corrected chi connectivity index (χ1v) is 10.1. The number of hydrogen-bond acceptors (Lipinski definition) is 4.